The van der Waals surface area contributed by atoms with E-state index in [9.17, 15) is 4.39 Å². The first-order valence-electron chi connectivity index (χ1n) is 5.42. The predicted molar refractivity (Wildman–Crippen MR) is 71.5 cm³/mol. The topological polar surface area (TPSA) is 72.0 Å². The van der Waals surface area contributed by atoms with Crippen molar-refractivity contribution in [2.24, 2.45) is 5.73 Å². The van der Waals surface area contributed by atoms with E-state index >= 15 is 0 Å². The Kier molecular flexibility index (Phi) is 3.66. The van der Waals surface area contributed by atoms with E-state index in [0.29, 0.717) is 11.3 Å². The molecule has 0 bridgehead atoms. The molecule has 2 rings (SSSR count). The van der Waals surface area contributed by atoms with E-state index < -0.39 is 5.82 Å². The van der Waals surface area contributed by atoms with Crippen molar-refractivity contribution in [2.75, 3.05) is 0 Å². The van der Waals surface area contributed by atoms with Crippen LogP contribution >= 0.6 is 11.6 Å². The summed E-state index contributed by atoms with van der Waals surface area (Å²) in [5, 5.41) is 7.59. The van der Waals surface area contributed by atoms with Crippen LogP contribution in [0.3, 0.4) is 0 Å². The Hall–Kier alpha value is -2.14. The fourth-order valence-corrected chi connectivity index (χ4v) is 1.68. The number of nitrogens with one attached hydrogen (secondary N) is 1. The number of benzene rings is 1. The lowest BCUT2D eigenvalue weighted by atomic mass is 10.2. The summed E-state index contributed by atoms with van der Waals surface area (Å²) in [6.07, 6.45) is 0. The molecule has 2 aromatic rings. The van der Waals surface area contributed by atoms with Crippen LogP contribution in [0.5, 0.6) is 11.6 Å². The van der Waals surface area contributed by atoms with Crippen LogP contribution in [0.15, 0.2) is 30.3 Å². The standard InChI is InChI=1S/C13H11ClFN3O/c1-7-2-4-9(12(16)17)13(18-7)19-11-5-3-8(15)6-10(11)14/h2-6H,1H3,(H3,16,17). The summed E-state index contributed by atoms with van der Waals surface area (Å²) < 4.78 is 18.5. The fraction of sp³-hybridized carbons (Fsp3) is 0.0769. The summed E-state index contributed by atoms with van der Waals surface area (Å²) in [5.41, 5.74) is 6.51. The molecular formula is C13H11ClFN3O. The van der Waals surface area contributed by atoms with Gasteiger partial charge in [-0.3, -0.25) is 5.41 Å². The van der Waals surface area contributed by atoms with E-state index in [1.165, 1.54) is 12.1 Å². The van der Waals surface area contributed by atoms with Crippen LogP contribution in [0.2, 0.25) is 5.02 Å². The van der Waals surface area contributed by atoms with Crippen LogP contribution in [0.1, 0.15) is 11.3 Å². The van der Waals surface area contributed by atoms with Crippen LogP contribution in [0, 0.1) is 18.2 Å². The summed E-state index contributed by atoms with van der Waals surface area (Å²) in [7, 11) is 0. The molecule has 0 spiro atoms. The maximum atomic E-state index is 12.9. The van der Waals surface area contributed by atoms with E-state index in [4.69, 9.17) is 27.5 Å². The SMILES string of the molecule is Cc1ccc(C(=N)N)c(Oc2ccc(F)cc2Cl)n1. The number of hydrogen-bond acceptors (Lipinski definition) is 3. The lowest BCUT2D eigenvalue weighted by molar-refractivity contribution is 0.459. The van der Waals surface area contributed by atoms with E-state index in [-0.39, 0.29) is 22.5 Å². The third kappa shape index (κ3) is 3.00. The molecule has 0 aliphatic carbocycles. The minimum Gasteiger partial charge on any atom is -0.437 e. The zero-order valence-corrected chi connectivity index (χ0v) is 10.8. The second-order valence-electron chi connectivity index (χ2n) is 3.90. The molecule has 6 heteroatoms. The smallest absolute Gasteiger partial charge is 0.230 e. The minimum absolute atomic E-state index is 0.123. The Labute approximate surface area is 114 Å². The highest BCUT2D eigenvalue weighted by molar-refractivity contribution is 6.32. The first-order valence-corrected chi connectivity index (χ1v) is 5.80. The summed E-state index contributed by atoms with van der Waals surface area (Å²) in [6, 6.07) is 7.11. The number of hydrogen-bond donors (Lipinski definition) is 2. The van der Waals surface area contributed by atoms with Gasteiger partial charge >= 0.3 is 0 Å². The third-order valence-electron chi connectivity index (χ3n) is 2.39. The first kappa shape index (κ1) is 13.3. The number of nitrogens with zero attached hydrogens (tertiary/aromatic N) is 1. The number of nitrogen functional groups attached to an aromatic ring is 1. The van der Waals surface area contributed by atoms with E-state index in [1.54, 1.807) is 19.1 Å². The van der Waals surface area contributed by atoms with Crippen molar-refractivity contribution in [1.82, 2.24) is 4.98 Å². The number of amidine groups is 1. The number of ether oxygens (including phenoxy) is 1. The molecule has 0 fully saturated rings. The van der Waals surface area contributed by atoms with Crippen molar-refractivity contribution in [3.8, 4) is 11.6 Å². The normalized spacial score (nSPS) is 10.3. The fourth-order valence-electron chi connectivity index (χ4n) is 1.48. The largest absolute Gasteiger partial charge is 0.437 e. The predicted octanol–water partition coefficient (Wildman–Crippen LogP) is 3.26. The molecule has 4 nitrogen and oxygen atoms in total. The summed E-state index contributed by atoms with van der Waals surface area (Å²) in [4.78, 5) is 4.16. The van der Waals surface area contributed by atoms with Crippen LogP contribution in [-0.2, 0) is 0 Å². The molecule has 0 aliphatic rings. The van der Waals surface area contributed by atoms with Crippen molar-refractivity contribution in [3.63, 3.8) is 0 Å². The van der Waals surface area contributed by atoms with Gasteiger partial charge in [-0.25, -0.2) is 9.37 Å². The quantitative estimate of drug-likeness (QED) is 0.669. The van der Waals surface area contributed by atoms with Gasteiger partial charge < -0.3 is 10.5 Å². The number of halogens is 2. The lowest BCUT2D eigenvalue weighted by Gasteiger charge is -2.11. The highest BCUT2D eigenvalue weighted by Gasteiger charge is 2.12. The Morgan fingerprint density at radius 2 is 2.11 bits per heavy atom. The molecule has 1 aromatic carbocycles. The van der Waals surface area contributed by atoms with Crippen molar-refractivity contribution in [2.45, 2.75) is 6.92 Å². The Morgan fingerprint density at radius 1 is 1.37 bits per heavy atom. The molecule has 1 aromatic heterocycles. The monoisotopic (exact) mass is 279 g/mol. The molecule has 0 saturated carbocycles. The second kappa shape index (κ2) is 5.24. The van der Waals surface area contributed by atoms with Gasteiger partial charge in [0.15, 0.2) is 0 Å². The molecule has 0 unspecified atom stereocenters. The van der Waals surface area contributed by atoms with Gasteiger partial charge in [-0.1, -0.05) is 11.6 Å². The third-order valence-corrected chi connectivity index (χ3v) is 2.69. The van der Waals surface area contributed by atoms with E-state index in [0.717, 1.165) is 6.07 Å². The second-order valence-corrected chi connectivity index (χ2v) is 4.30. The number of aromatic nitrogens is 1. The number of pyridine rings is 1. The average molecular weight is 280 g/mol. The van der Waals surface area contributed by atoms with Gasteiger partial charge in [0.25, 0.3) is 0 Å². The molecule has 0 amide bonds. The van der Waals surface area contributed by atoms with Crippen LogP contribution < -0.4 is 10.5 Å². The van der Waals surface area contributed by atoms with Crippen molar-refractivity contribution in [3.05, 3.63) is 52.4 Å². The highest BCUT2D eigenvalue weighted by Crippen LogP contribution is 2.30. The molecule has 3 N–H and O–H groups in total. The van der Waals surface area contributed by atoms with Crippen LogP contribution in [0.4, 0.5) is 4.39 Å². The van der Waals surface area contributed by atoms with Gasteiger partial charge in [-0.05, 0) is 37.3 Å². The van der Waals surface area contributed by atoms with Crippen molar-refractivity contribution >= 4 is 17.4 Å². The lowest BCUT2D eigenvalue weighted by Crippen LogP contribution is -2.13. The van der Waals surface area contributed by atoms with Gasteiger partial charge in [0.2, 0.25) is 5.88 Å². The van der Waals surface area contributed by atoms with Gasteiger partial charge in [0, 0.05) is 5.69 Å². The average Bonchev–Trinajstić information content (AvgIpc) is 2.32. The zero-order valence-electron chi connectivity index (χ0n) is 10.1. The van der Waals surface area contributed by atoms with Crippen LogP contribution in [-0.4, -0.2) is 10.8 Å². The van der Waals surface area contributed by atoms with E-state index in [2.05, 4.69) is 4.98 Å². The zero-order chi connectivity index (χ0) is 14.0. The van der Waals surface area contributed by atoms with Gasteiger partial charge in [-0.2, -0.15) is 0 Å². The van der Waals surface area contributed by atoms with Gasteiger partial charge in [-0.15, -0.1) is 0 Å². The molecule has 0 atom stereocenters. The first-order chi connectivity index (χ1) is 8.97. The molecule has 0 aliphatic heterocycles. The number of aryl methyl sites for hydroxylation is 1. The molecule has 19 heavy (non-hydrogen) atoms. The Bertz CT molecular complexity index is 646. The van der Waals surface area contributed by atoms with Crippen molar-refractivity contribution < 1.29 is 9.13 Å². The molecule has 0 radical (unpaired) electrons. The summed E-state index contributed by atoms with van der Waals surface area (Å²) in [5.74, 6) is -0.202. The minimum atomic E-state index is -0.457. The van der Waals surface area contributed by atoms with Gasteiger partial charge in [0.1, 0.15) is 17.4 Å². The van der Waals surface area contributed by atoms with Crippen LogP contribution in [0.25, 0.3) is 0 Å². The number of rotatable bonds is 3. The van der Waals surface area contributed by atoms with Crippen molar-refractivity contribution in [1.29, 1.82) is 5.41 Å². The Balaban J connectivity index is 2.42. The molecule has 1 heterocycles. The number of nitrogens with two attached hydrogens (primary N) is 1. The highest BCUT2D eigenvalue weighted by atomic mass is 35.5. The van der Waals surface area contributed by atoms with E-state index in [1.807, 2.05) is 0 Å². The molecular weight excluding hydrogens is 269 g/mol. The summed E-state index contributed by atoms with van der Waals surface area (Å²) in [6.45, 7) is 1.78. The molecule has 98 valence electrons. The Morgan fingerprint density at radius 3 is 2.74 bits per heavy atom. The summed E-state index contributed by atoms with van der Waals surface area (Å²) >= 11 is 5.87. The maximum Gasteiger partial charge on any atom is 0.230 e. The van der Waals surface area contributed by atoms with Gasteiger partial charge in [0.05, 0.1) is 10.6 Å². The maximum absolute atomic E-state index is 12.9. The molecule has 0 saturated heterocycles.